The Morgan fingerprint density at radius 3 is 2.50 bits per heavy atom. The number of para-hydroxylation sites is 1. The van der Waals surface area contributed by atoms with Crippen LogP contribution in [0.3, 0.4) is 0 Å². The van der Waals surface area contributed by atoms with Crippen LogP contribution in [0.25, 0.3) is 0 Å². The summed E-state index contributed by atoms with van der Waals surface area (Å²) in [5, 5.41) is 0. The highest BCUT2D eigenvalue weighted by atomic mass is 16.5. The van der Waals surface area contributed by atoms with Gasteiger partial charge in [0.15, 0.2) is 5.78 Å². The maximum Gasteiger partial charge on any atom is 0.181 e. The Morgan fingerprint density at radius 2 is 2.00 bits per heavy atom. The van der Waals surface area contributed by atoms with E-state index in [1.54, 1.807) is 18.2 Å². The largest absolute Gasteiger partial charge is 0.495 e. The molecule has 0 heterocycles. The van der Waals surface area contributed by atoms with E-state index in [9.17, 15) is 4.79 Å². The van der Waals surface area contributed by atoms with Gasteiger partial charge >= 0.3 is 0 Å². The third-order valence-electron chi connectivity index (χ3n) is 2.57. The van der Waals surface area contributed by atoms with E-state index in [4.69, 9.17) is 16.2 Å². The highest BCUT2D eigenvalue weighted by Gasteiger charge is 2.22. The number of methoxy groups -OCH3 is 1. The lowest BCUT2D eigenvalue weighted by Gasteiger charge is -2.16. The van der Waals surface area contributed by atoms with Crippen molar-refractivity contribution in [2.75, 3.05) is 12.8 Å². The van der Waals surface area contributed by atoms with Crippen molar-refractivity contribution in [2.45, 2.75) is 19.9 Å². The molecule has 1 unspecified atom stereocenters. The summed E-state index contributed by atoms with van der Waals surface area (Å²) < 4.78 is 5.06. The summed E-state index contributed by atoms with van der Waals surface area (Å²) in [6.07, 6.45) is 0. The quantitative estimate of drug-likeness (QED) is 0.597. The molecule has 1 aromatic carbocycles. The molecule has 1 aromatic rings. The SMILES string of the molecule is COc1cccc(C(=O)C(N)C(C)C)c1N. The van der Waals surface area contributed by atoms with Gasteiger partial charge in [-0.1, -0.05) is 19.9 Å². The summed E-state index contributed by atoms with van der Waals surface area (Å²) >= 11 is 0. The zero-order valence-electron chi connectivity index (χ0n) is 9.86. The third kappa shape index (κ3) is 2.33. The van der Waals surface area contributed by atoms with Gasteiger partial charge in [-0.3, -0.25) is 4.79 Å². The Hall–Kier alpha value is -1.55. The van der Waals surface area contributed by atoms with Crippen LogP contribution in [0.5, 0.6) is 5.75 Å². The predicted octanol–water partition coefficient (Wildman–Crippen LogP) is 1.44. The number of hydrogen-bond donors (Lipinski definition) is 2. The summed E-state index contributed by atoms with van der Waals surface area (Å²) in [6, 6.07) is 4.58. The Kier molecular flexibility index (Phi) is 3.90. The Labute approximate surface area is 95.6 Å². The first-order valence-electron chi connectivity index (χ1n) is 5.21. The molecule has 0 aliphatic rings. The molecule has 0 radical (unpaired) electrons. The maximum absolute atomic E-state index is 12.0. The Balaban J connectivity index is 3.09. The van der Waals surface area contributed by atoms with E-state index in [0.717, 1.165) is 0 Å². The Bertz CT molecular complexity index is 389. The molecule has 1 atom stereocenters. The first-order chi connectivity index (χ1) is 7.49. The first kappa shape index (κ1) is 12.5. The lowest BCUT2D eigenvalue weighted by atomic mass is 9.95. The van der Waals surface area contributed by atoms with Crippen LogP contribution in [0.4, 0.5) is 5.69 Å². The molecule has 0 saturated carbocycles. The fourth-order valence-electron chi connectivity index (χ4n) is 1.42. The summed E-state index contributed by atoms with van der Waals surface area (Å²) in [5.41, 5.74) is 12.4. The standard InChI is InChI=1S/C12H18N2O2/c1-7(2)10(13)12(15)8-5-4-6-9(16-3)11(8)14/h4-7,10H,13-14H2,1-3H3. The van der Waals surface area contributed by atoms with Crippen molar-refractivity contribution in [2.24, 2.45) is 11.7 Å². The van der Waals surface area contributed by atoms with Crippen LogP contribution in [0.1, 0.15) is 24.2 Å². The van der Waals surface area contributed by atoms with Crippen molar-refractivity contribution in [3.8, 4) is 5.75 Å². The molecule has 4 heteroatoms. The second-order valence-electron chi connectivity index (χ2n) is 4.06. The summed E-state index contributed by atoms with van der Waals surface area (Å²) in [5.74, 6) is 0.436. The molecule has 1 rings (SSSR count). The topological polar surface area (TPSA) is 78.3 Å². The highest BCUT2D eigenvalue weighted by Crippen LogP contribution is 2.26. The van der Waals surface area contributed by atoms with Crippen molar-refractivity contribution >= 4 is 11.5 Å². The van der Waals surface area contributed by atoms with E-state index in [1.165, 1.54) is 7.11 Å². The fourth-order valence-corrected chi connectivity index (χ4v) is 1.42. The first-order valence-corrected chi connectivity index (χ1v) is 5.21. The second-order valence-corrected chi connectivity index (χ2v) is 4.06. The number of rotatable bonds is 4. The monoisotopic (exact) mass is 222 g/mol. The molecule has 16 heavy (non-hydrogen) atoms. The van der Waals surface area contributed by atoms with Gasteiger partial charge in [-0.05, 0) is 18.1 Å². The number of carbonyl (C=O) groups excluding carboxylic acids is 1. The molecular formula is C12H18N2O2. The van der Waals surface area contributed by atoms with Crippen molar-refractivity contribution in [3.05, 3.63) is 23.8 Å². The number of hydrogen-bond acceptors (Lipinski definition) is 4. The van der Waals surface area contributed by atoms with E-state index in [2.05, 4.69) is 0 Å². The van der Waals surface area contributed by atoms with Gasteiger partial charge in [-0.2, -0.15) is 0 Å². The second kappa shape index (κ2) is 4.99. The van der Waals surface area contributed by atoms with E-state index in [0.29, 0.717) is 17.0 Å². The van der Waals surface area contributed by atoms with E-state index < -0.39 is 6.04 Å². The smallest absolute Gasteiger partial charge is 0.181 e. The summed E-state index contributed by atoms with van der Waals surface area (Å²) in [4.78, 5) is 12.0. The minimum atomic E-state index is -0.533. The molecular weight excluding hydrogens is 204 g/mol. The van der Waals surface area contributed by atoms with E-state index in [-0.39, 0.29) is 11.7 Å². The molecule has 0 fully saturated rings. The maximum atomic E-state index is 12.0. The predicted molar refractivity (Wildman–Crippen MR) is 64.6 cm³/mol. The van der Waals surface area contributed by atoms with Crippen molar-refractivity contribution in [1.82, 2.24) is 0 Å². The number of nitrogen functional groups attached to an aromatic ring is 1. The number of carbonyl (C=O) groups is 1. The number of ketones is 1. The van der Waals surface area contributed by atoms with Gasteiger partial charge in [0.1, 0.15) is 5.75 Å². The molecule has 4 N–H and O–H groups in total. The van der Waals surface area contributed by atoms with E-state index in [1.807, 2.05) is 13.8 Å². The molecule has 88 valence electrons. The van der Waals surface area contributed by atoms with Crippen LogP contribution in [0, 0.1) is 5.92 Å². The van der Waals surface area contributed by atoms with Gasteiger partial charge in [-0.25, -0.2) is 0 Å². The van der Waals surface area contributed by atoms with E-state index >= 15 is 0 Å². The van der Waals surface area contributed by atoms with Crippen molar-refractivity contribution in [1.29, 1.82) is 0 Å². The minimum absolute atomic E-state index is 0.0816. The van der Waals surface area contributed by atoms with Gasteiger partial charge in [0, 0.05) is 5.56 Å². The molecule has 0 spiro atoms. The van der Waals surface area contributed by atoms with Crippen LogP contribution in [0.2, 0.25) is 0 Å². The average molecular weight is 222 g/mol. The molecule has 0 aliphatic heterocycles. The molecule has 0 amide bonds. The lowest BCUT2D eigenvalue weighted by molar-refractivity contribution is 0.0941. The molecule has 0 bridgehead atoms. The summed E-state index contributed by atoms with van der Waals surface area (Å²) in [6.45, 7) is 3.80. The molecule has 4 nitrogen and oxygen atoms in total. The van der Waals surface area contributed by atoms with Gasteiger partial charge in [0.05, 0.1) is 18.8 Å². The molecule has 0 aliphatic carbocycles. The van der Waals surface area contributed by atoms with Crippen LogP contribution in [0.15, 0.2) is 18.2 Å². The highest BCUT2D eigenvalue weighted by molar-refractivity contribution is 6.05. The fraction of sp³-hybridized carbons (Fsp3) is 0.417. The van der Waals surface area contributed by atoms with Crippen LogP contribution in [-0.4, -0.2) is 18.9 Å². The van der Waals surface area contributed by atoms with Gasteiger partial charge in [0.25, 0.3) is 0 Å². The van der Waals surface area contributed by atoms with Crippen LogP contribution >= 0.6 is 0 Å². The number of anilines is 1. The third-order valence-corrected chi connectivity index (χ3v) is 2.57. The minimum Gasteiger partial charge on any atom is -0.495 e. The van der Waals surface area contributed by atoms with Crippen molar-refractivity contribution < 1.29 is 9.53 Å². The van der Waals surface area contributed by atoms with Crippen molar-refractivity contribution in [3.63, 3.8) is 0 Å². The van der Waals surface area contributed by atoms with Gasteiger partial charge in [0.2, 0.25) is 0 Å². The normalized spacial score (nSPS) is 12.6. The molecule has 0 aromatic heterocycles. The number of Topliss-reactive ketones (excluding diaryl/α,β-unsaturated/α-hetero) is 1. The average Bonchev–Trinajstić information content (AvgIpc) is 2.27. The zero-order chi connectivity index (χ0) is 12.3. The zero-order valence-corrected chi connectivity index (χ0v) is 9.86. The van der Waals surface area contributed by atoms with Crippen LogP contribution in [-0.2, 0) is 0 Å². The van der Waals surface area contributed by atoms with Gasteiger partial charge < -0.3 is 16.2 Å². The van der Waals surface area contributed by atoms with Gasteiger partial charge in [-0.15, -0.1) is 0 Å². The number of benzene rings is 1. The van der Waals surface area contributed by atoms with Crippen LogP contribution < -0.4 is 16.2 Å². The molecule has 0 saturated heterocycles. The Morgan fingerprint density at radius 1 is 1.38 bits per heavy atom. The number of ether oxygens (including phenoxy) is 1. The lowest BCUT2D eigenvalue weighted by Crippen LogP contribution is -2.35. The summed E-state index contributed by atoms with van der Waals surface area (Å²) in [7, 11) is 1.52. The number of nitrogens with two attached hydrogens (primary N) is 2.